The monoisotopic (exact) mass is 598 g/mol. The number of benzene rings is 6. The van der Waals surface area contributed by atoms with E-state index in [0.717, 1.165) is 11.5 Å². The largest absolute Gasteiger partial charge is 0.497 e. The maximum atomic E-state index is 5.56. The first kappa shape index (κ1) is 28.4. The Labute approximate surface area is 272 Å². The van der Waals surface area contributed by atoms with E-state index in [-0.39, 0.29) is 10.8 Å². The van der Waals surface area contributed by atoms with Crippen LogP contribution in [0.4, 0.5) is 0 Å². The van der Waals surface area contributed by atoms with Crippen molar-refractivity contribution in [3.05, 3.63) is 144 Å². The SMILES string of the molecule is COc1ccc2c(c1)C(C)(C)c1cc(-c3cccc(-c4cccc(-c5ccc6c(c5)C(C)(C)c5cc(OC)ccc5-6)c4)c3)ccc1-2. The molecule has 226 valence electrons. The number of hydrogen-bond donors (Lipinski definition) is 0. The van der Waals surface area contributed by atoms with Crippen LogP contribution in [0.5, 0.6) is 11.5 Å². The summed E-state index contributed by atoms with van der Waals surface area (Å²) in [5, 5.41) is 0. The Balaban J connectivity index is 1.13. The van der Waals surface area contributed by atoms with Crippen molar-refractivity contribution in [1.82, 2.24) is 0 Å². The van der Waals surface area contributed by atoms with Gasteiger partial charge in [0.2, 0.25) is 0 Å². The van der Waals surface area contributed by atoms with Crippen molar-refractivity contribution in [1.29, 1.82) is 0 Å². The Kier molecular flexibility index (Phi) is 6.31. The number of ether oxygens (including phenoxy) is 2. The molecular formula is C44H38O2. The maximum Gasteiger partial charge on any atom is 0.119 e. The van der Waals surface area contributed by atoms with Crippen LogP contribution < -0.4 is 9.47 Å². The number of hydrogen-bond acceptors (Lipinski definition) is 2. The van der Waals surface area contributed by atoms with Gasteiger partial charge in [0.25, 0.3) is 0 Å². The molecule has 0 saturated carbocycles. The highest BCUT2D eigenvalue weighted by Gasteiger charge is 2.37. The second-order valence-electron chi connectivity index (χ2n) is 13.8. The van der Waals surface area contributed by atoms with Crippen LogP contribution in [0, 0.1) is 0 Å². The van der Waals surface area contributed by atoms with Gasteiger partial charge in [-0.1, -0.05) is 100 Å². The Hall–Kier alpha value is -5.08. The Morgan fingerprint density at radius 1 is 0.348 bits per heavy atom. The Morgan fingerprint density at radius 3 is 1.00 bits per heavy atom. The molecule has 0 spiro atoms. The molecule has 0 atom stereocenters. The second kappa shape index (κ2) is 10.2. The lowest BCUT2D eigenvalue weighted by Gasteiger charge is -2.22. The van der Waals surface area contributed by atoms with Gasteiger partial charge in [0.1, 0.15) is 11.5 Å². The molecule has 2 aliphatic carbocycles. The fourth-order valence-electron chi connectivity index (χ4n) is 7.80. The van der Waals surface area contributed by atoms with Crippen LogP contribution in [-0.2, 0) is 10.8 Å². The molecule has 0 fully saturated rings. The zero-order valence-electron chi connectivity index (χ0n) is 27.4. The van der Waals surface area contributed by atoms with Gasteiger partial charge < -0.3 is 9.47 Å². The molecule has 0 bridgehead atoms. The molecule has 0 aromatic heterocycles. The smallest absolute Gasteiger partial charge is 0.119 e. The van der Waals surface area contributed by atoms with Crippen LogP contribution >= 0.6 is 0 Å². The standard InChI is InChI=1S/C44H38O2/c1-43(2)39-23-31(13-17-35(39)37-19-15-33(45-5)25-41(37)43)29-11-7-9-27(21-29)28-10-8-12-30(22-28)32-14-18-36-38-20-16-34(46-6)26-42(38)44(3,4)40(36)24-32/h7-26H,1-6H3. The van der Waals surface area contributed by atoms with Crippen LogP contribution in [-0.4, -0.2) is 14.2 Å². The van der Waals surface area contributed by atoms with Crippen molar-refractivity contribution < 1.29 is 9.47 Å². The molecule has 0 N–H and O–H groups in total. The summed E-state index contributed by atoms with van der Waals surface area (Å²) in [7, 11) is 3.47. The molecule has 0 unspecified atom stereocenters. The van der Waals surface area contributed by atoms with Crippen molar-refractivity contribution in [3.63, 3.8) is 0 Å². The number of fused-ring (bicyclic) bond motifs is 6. The Bertz CT molecular complexity index is 2030. The first-order chi connectivity index (χ1) is 22.2. The highest BCUT2D eigenvalue weighted by molar-refractivity contribution is 5.87. The predicted molar refractivity (Wildman–Crippen MR) is 191 cm³/mol. The highest BCUT2D eigenvalue weighted by atomic mass is 16.5. The van der Waals surface area contributed by atoms with Gasteiger partial charge in [-0.15, -0.1) is 0 Å². The number of rotatable bonds is 5. The summed E-state index contributed by atoms with van der Waals surface area (Å²) < 4.78 is 11.1. The van der Waals surface area contributed by atoms with E-state index in [1.54, 1.807) is 14.2 Å². The van der Waals surface area contributed by atoms with E-state index < -0.39 is 0 Å². The summed E-state index contributed by atoms with van der Waals surface area (Å²) in [5.74, 6) is 1.81. The van der Waals surface area contributed by atoms with Crippen LogP contribution in [0.2, 0.25) is 0 Å². The molecular weight excluding hydrogens is 560 g/mol. The zero-order valence-corrected chi connectivity index (χ0v) is 27.4. The maximum absolute atomic E-state index is 5.56. The van der Waals surface area contributed by atoms with Crippen LogP contribution in [0.15, 0.2) is 121 Å². The van der Waals surface area contributed by atoms with Gasteiger partial charge in [0.05, 0.1) is 14.2 Å². The van der Waals surface area contributed by atoms with Crippen LogP contribution in [0.25, 0.3) is 55.6 Å². The van der Waals surface area contributed by atoms with Gasteiger partial charge in [-0.3, -0.25) is 0 Å². The fraction of sp³-hybridized carbons (Fsp3) is 0.182. The summed E-state index contributed by atoms with van der Waals surface area (Å²) in [6, 6.07) is 44.7. The lowest BCUT2D eigenvalue weighted by atomic mass is 9.81. The first-order valence-corrected chi connectivity index (χ1v) is 16.1. The van der Waals surface area contributed by atoms with Crippen molar-refractivity contribution >= 4 is 0 Å². The topological polar surface area (TPSA) is 18.5 Å². The zero-order chi connectivity index (χ0) is 31.8. The van der Waals surface area contributed by atoms with E-state index in [9.17, 15) is 0 Å². The summed E-state index contributed by atoms with van der Waals surface area (Å²) in [4.78, 5) is 0. The van der Waals surface area contributed by atoms with Crippen molar-refractivity contribution in [2.45, 2.75) is 38.5 Å². The van der Waals surface area contributed by atoms with Gasteiger partial charge >= 0.3 is 0 Å². The summed E-state index contributed by atoms with van der Waals surface area (Å²) in [6.07, 6.45) is 0. The molecule has 2 heteroatoms. The van der Waals surface area contributed by atoms with E-state index in [1.165, 1.54) is 77.9 Å². The van der Waals surface area contributed by atoms with Gasteiger partial charge in [-0.25, -0.2) is 0 Å². The molecule has 2 nitrogen and oxygen atoms in total. The van der Waals surface area contributed by atoms with E-state index in [4.69, 9.17) is 9.47 Å². The first-order valence-electron chi connectivity index (χ1n) is 16.1. The lowest BCUT2D eigenvalue weighted by molar-refractivity contribution is 0.413. The molecule has 0 radical (unpaired) electrons. The van der Waals surface area contributed by atoms with Gasteiger partial charge in [-0.05, 0) is 126 Å². The normalized spacial score (nSPS) is 14.7. The number of methoxy groups -OCH3 is 2. The highest BCUT2D eigenvalue weighted by Crippen LogP contribution is 2.52. The van der Waals surface area contributed by atoms with E-state index in [1.807, 2.05) is 0 Å². The molecule has 0 heterocycles. The van der Waals surface area contributed by atoms with Crippen molar-refractivity contribution in [2.75, 3.05) is 14.2 Å². The van der Waals surface area contributed by atoms with Crippen LogP contribution in [0.1, 0.15) is 49.9 Å². The third-order valence-electron chi connectivity index (χ3n) is 10.5. The quantitative estimate of drug-likeness (QED) is 0.197. The van der Waals surface area contributed by atoms with Crippen molar-refractivity contribution in [3.8, 4) is 67.1 Å². The lowest BCUT2D eigenvalue weighted by Crippen LogP contribution is -2.15. The van der Waals surface area contributed by atoms with E-state index >= 15 is 0 Å². The second-order valence-corrected chi connectivity index (χ2v) is 13.8. The molecule has 8 rings (SSSR count). The third-order valence-corrected chi connectivity index (χ3v) is 10.5. The minimum Gasteiger partial charge on any atom is -0.497 e. The molecule has 46 heavy (non-hydrogen) atoms. The molecule has 6 aromatic carbocycles. The minimum atomic E-state index is -0.0982. The van der Waals surface area contributed by atoms with E-state index in [0.29, 0.717) is 0 Å². The average molecular weight is 599 g/mol. The molecule has 6 aromatic rings. The summed E-state index contributed by atoms with van der Waals surface area (Å²) >= 11 is 0. The summed E-state index contributed by atoms with van der Waals surface area (Å²) in [6.45, 7) is 9.27. The van der Waals surface area contributed by atoms with Crippen LogP contribution in [0.3, 0.4) is 0 Å². The van der Waals surface area contributed by atoms with Gasteiger partial charge in [0.15, 0.2) is 0 Å². The van der Waals surface area contributed by atoms with Crippen molar-refractivity contribution in [2.24, 2.45) is 0 Å². The third kappa shape index (κ3) is 4.24. The van der Waals surface area contributed by atoms with Gasteiger partial charge in [-0.2, -0.15) is 0 Å². The molecule has 0 amide bonds. The molecule has 0 aliphatic heterocycles. The fourth-order valence-corrected chi connectivity index (χ4v) is 7.80. The molecule has 2 aliphatic rings. The minimum absolute atomic E-state index is 0.0982. The van der Waals surface area contributed by atoms with Gasteiger partial charge in [0, 0.05) is 10.8 Å². The summed E-state index contributed by atoms with van der Waals surface area (Å²) in [5.41, 5.74) is 17.8. The predicted octanol–water partition coefficient (Wildman–Crippen LogP) is 11.3. The average Bonchev–Trinajstić information content (AvgIpc) is 3.46. The molecule has 0 saturated heterocycles. The Morgan fingerprint density at radius 2 is 0.652 bits per heavy atom. The van der Waals surface area contributed by atoms with E-state index in [2.05, 4.69) is 149 Å².